The Hall–Kier alpha value is -0.860. The quantitative estimate of drug-likeness (QED) is 0.663. The number of aliphatic hydroxyl groups is 1. The van der Waals surface area contributed by atoms with E-state index < -0.39 is 0 Å². The monoisotopic (exact) mass is 166 g/mol. The van der Waals surface area contributed by atoms with Gasteiger partial charge in [0, 0.05) is 6.42 Å². The lowest BCUT2D eigenvalue weighted by Gasteiger charge is -2.11. The van der Waals surface area contributed by atoms with Gasteiger partial charge in [-0.05, 0) is 12.5 Å². The molecule has 0 unspecified atom stereocenters. The fourth-order valence-corrected chi connectivity index (χ4v) is 1.06. The fraction of sp³-hybridized carbons (Fsp3) is 0.400. The van der Waals surface area contributed by atoms with E-state index in [4.69, 9.17) is 0 Å². The van der Waals surface area contributed by atoms with Gasteiger partial charge in [0.2, 0.25) is 0 Å². The first-order chi connectivity index (χ1) is 5.70. The first-order valence-electron chi connectivity index (χ1n) is 4.25. The van der Waals surface area contributed by atoms with E-state index in [1.54, 1.807) is 0 Å². The lowest BCUT2D eigenvalue weighted by atomic mass is 10.0. The molecule has 0 saturated carbocycles. The van der Waals surface area contributed by atoms with Crippen LogP contribution in [-0.4, -0.2) is 17.3 Å². The van der Waals surface area contributed by atoms with E-state index in [0.717, 1.165) is 0 Å². The van der Waals surface area contributed by atoms with E-state index in [9.17, 15) is 5.11 Å². The van der Waals surface area contributed by atoms with E-state index in [2.05, 4.69) is 5.73 Å². The van der Waals surface area contributed by atoms with Gasteiger partial charge in [0.05, 0.1) is 0 Å². The summed E-state index contributed by atoms with van der Waals surface area (Å²) < 4.78 is 0. The summed E-state index contributed by atoms with van der Waals surface area (Å²) in [5.74, 6) is 0. The zero-order valence-corrected chi connectivity index (χ0v) is 7.40. The molecule has 0 spiro atoms. The molecular weight excluding hydrogens is 150 g/mol. The van der Waals surface area contributed by atoms with Crippen molar-refractivity contribution in [3.63, 3.8) is 0 Å². The minimum absolute atomic E-state index is 0.0882. The highest BCUT2D eigenvalue weighted by atomic mass is 16.3. The van der Waals surface area contributed by atoms with E-state index in [-0.39, 0.29) is 12.1 Å². The Balaban J connectivity index is 2.53. The van der Waals surface area contributed by atoms with E-state index in [0.29, 0.717) is 6.42 Å². The van der Waals surface area contributed by atoms with Gasteiger partial charge in [0.25, 0.3) is 0 Å². The maximum atomic E-state index is 9.52. The molecule has 1 aromatic carbocycles. The van der Waals surface area contributed by atoms with Crippen LogP contribution in [0.1, 0.15) is 12.5 Å². The maximum absolute atomic E-state index is 9.52. The molecular formula is C10H16NO+. The molecule has 66 valence electrons. The summed E-state index contributed by atoms with van der Waals surface area (Å²) in [6.07, 6.45) is 0.373. The minimum atomic E-state index is -0.326. The molecule has 2 heteroatoms. The molecule has 2 atom stereocenters. The summed E-state index contributed by atoms with van der Waals surface area (Å²) in [5.41, 5.74) is 4.95. The van der Waals surface area contributed by atoms with Crippen LogP contribution in [0.25, 0.3) is 0 Å². The third-order valence-corrected chi connectivity index (χ3v) is 1.94. The van der Waals surface area contributed by atoms with Gasteiger partial charge in [-0.25, -0.2) is 0 Å². The van der Waals surface area contributed by atoms with Gasteiger partial charge in [-0.1, -0.05) is 30.3 Å². The van der Waals surface area contributed by atoms with Crippen molar-refractivity contribution >= 4 is 0 Å². The summed E-state index contributed by atoms with van der Waals surface area (Å²) >= 11 is 0. The number of hydrogen-bond acceptors (Lipinski definition) is 1. The molecule has 0 bridgehead atoms. The van der Waals surface area contributed by atoms with Gasteiger partial charge in [0.1, 0.15) is 12.1 Å². The number of rotatable bonds is 3. The Morgan fingerprint density at radius 2 is 1.92 bits per heavy atom. The smallest absolute Gasteiger partial charge is 0.109 e. The molecule has 0 aliphatic carbocycles. The first-order valence-corrected chi connectivity index (χ1v) is 4.25. The van der Waals surface area contributed by atoms with Crippen LogP contribution in [0.15, 0.2) is 30.3 Å². The Morgan fingerprint density at radius 1 is 1.33 bits per heavy atom. The third kappa shape index (κ3) is 2.64. The third-order valence-electron chi connectivity index (χ3n) is 1.94. The highest BCUT2D eigenvalue weighted by Crippen LogP contribution is 2.03. The van der Waals surface area contributed by atoms with Crippen LogP contribution >= 0.6 is 0 Å². The summed E-state index contributed by atoms with van der Waals surface area (Å²) in [7, 11) is 0. The predicted octanol–water partition coefficient (Wildman–Crippen LogP) is 0.220. The number of benzene rings is 1. The topological polar surface area (TPSA) is 47.9 Å². The Labute approximate surface area is 73.0 Å². The second kappa shape index (κ2) is 4.24. The van der Waals surface area contributed by atoms with Crippen LogP contribution < -0.4 is 5.73 Å². The molecule has 4 N–H and O–H groups in total. The van der Waals surface area contributed by atoms with E-state index in [1.807, 2.05) is 37.3 Å². The molecule has 0 fully saturated rings. The molecule has 0 heterocycles. The highest BCUT2D eigenvalue weighted by Gasteiger charge is 2.12. The number of hydrogen-bond donors (Lipinski definition) is 2. The van der Waals surface area contributed by atoms with Crippen molar-refractivity contribution < 1.29 is 10.8 Å². The molecule has 0 saturated heterocycles. The van der Waals surface area contributed by atoms with Crippen LogP contribution in [0.5, 0.6) is 0 Å². The Kier molecular flexibility index (Phi) is 3.26. The average Bonchev–Trinajstić information content (AvgIpc) is 2.06. The van der Waals surface area contributed by atoms with Crippen molar-refractivity contribution in [2.24, 2.45) is 0 Å². The SMILES string of the molecule is C[C@H]([NH3+])[C@H](O)Cc1ccccc1. The standard InChI is InChI=1S/C10H15NO/c1-8(11)10(12)7-9-5-3-2-4-6-9/h2-6,8,10,12H,7,11H2,1H3/p+1/t8-,10+/m0/s1. The second-order valence-corrected chi connectivity index (χ2v) is 3.23. The molecule has 0 aliphatic rings. The highest BCUT2D eigenvalue weighted by molar-refractivity contribution is 5.15. The van der Waals surface area contributed by atoms with Crippen molar-refractivity contribution in [3.8, 4) is 0 Å². The number of quaternary nitrogens is 1. The van der Waals surface area contributed by atoms with Crippen molar-refractivity contribution in [2.75, 3.05) is 0 Å². The van der Waals surface area contributed by atoms with Crippen LogP contribution in [0.3, 0.4) is 0 Å². The molecule has 2 nitrogen and oxygen atoms in total. The summed E-state index contributed by atoms with van der Waals surface area (Å²) in [4.78, 5) is 0. The van der Waals surface area contributed by atoms with Gasteiger partial charge < -0.3 is 10.8 Å². The number of aliphatic hydroxyl groups excluding tert-OH is 1. The lowest BCUT2D eigenvalue weighted by molar-refractivity contribution is -0.431. The molecule has 0 radical (unpaired) electrons. The fourth-order valence-electron chi connectivity index (χ4n) is 1.06. The molecule has 12 heavy (non-hydrogen) atoms. The van der Waals surface area contributed by atoms with Gasteiger partial charge in [-0.2, -0.15) is 0 Å². The Morgan fingerprint density at radius 3 is 2.42 bits per heavy atom. The van der Waals surface area contributed by atoms with Gasteiger partial charge in [-0.15, -0.1) is 0 Å². The zero-order valence-electron chi connectivity index (χ0n) is 7.40. The van der Waals surface area contributed by atoms with Gasteiger partial charge in [-0.3, -0.25) is 0 Å². The molecule has 0 aromatic heterocycles. The van der Waals surface area contributed by atoms with Crippen molar-refractivity contribution in [1.82, 2.24) is 0 Å². The van der Waals surface area contributed by atoms with Crippen molar-refractivity contribution in [3.05, 3.63) is 35.9 Å². The lowest BCUT2D eigenvalue weighted by Crippen LogP contribution is -2.64. The molecule has 1 rings (SSSR count). The largest absolute Gasteiger partial charge is 0.387 e. The predicted molar refractivity (Wildman–Crippen MR) is 48.5 cm³/mol. The summed E-state index contributed by atoms with van der Waals surface area (Å²) in [6, 6.07) is 10.1. The summed E-state index contributed by atoms with van der Waals surface area (Å²) in [5, 5.41) is 9.52. The molecule has 0 amide bonds. The van der Waals surface area contributed by atoms with Crippen molar-refractivity contribution in [1.29, 1.82) is 0 Å². The van der Waals surface area contributed by atoms with E-state index >= 15 is 0 Å². The van der Waals surface area contributed by atoms with Crippen molar-refractivity contribution in [2.45, 2.75) is 25.5 Å². The van der Waals surface area contributed by atoms with Crippen LogP contribution in [0, 0.1) is 0 Å². The van der Waals surface area contributed by atoms with Crippen LogP contribution in [-0.2, 0) is 6.42 Å². The van der Waals surface area contributed by atoms with Crippen LogP contribution in [0.4, 0.5) is 0 Å². The first kappa shape index (κ1) is 9.23. The summed E-state index contributed by atoms with van der Waals surface area (Å²) in [6.45, 7) is 1.92. The zero-order chi connectivity index (χ0) is 8.97. The maximum Gasteiger partial charge on any atom is 0.109 e. The van der Waals surface area contributed by atoms with E-state index in [1.165, 1.54) is 5.56 Å². The average molecular weight is 166 g/mol. The Bertz CT molecular complexity index is 221. The van der Waals surface area contributed by atoms with Gasteiger partial charge in [0.15, 0.2) is 0 Å². The van der Waals surface area contributed by atoms with Gasteiger partial charge >= 0.3 is 0 Å². The van der Waals surface area contributed by atoms with Crippen LogP contribution in [0.2, 0.25) is 0 Å². The molecule has 1 aromatic rings. The molecule has 0 aliphatic heterocycles. The normalized spacial score (nSPS) is 15.6. The minimum Gasteiger partial charge on any atom is -0.387 e. The second-order valence-electron chi connectivity index (χ2n) is 3.23.